The van der Waals surface area contributed by atoms with Gasteiger partial charge in [0.1, 0.15) is 0 Å². The van der Waals surface area contributed by atoms with Gasteiger partial charge in [-0.3, -0.25) is 4.79 Å². The second-order valence-corrected chi connectivity index (χ2v) is 8.07. The number of nitrogens with one attached hydrogen (secondary N) is 1. The molecule has 10 heteroatoms. The average Bonchev–Trinajstić information content (AvgIpc) is 2.69. The molecule has 0 unspecified atom stereocenters. The summed E-state index contributed by atoms with van der Waals surface area (Å²) in [7, 11) is -5.44. The summed E-state index contributed by atoms with van der Waals surface area (Å²) in [4.78, 5) is 11.3. The van der Waals surface area contributed by atoms with Crippen LogP contribution in [0.4, 0.5) is 13.2 Å². The highest BCUT2D eigenvalue weighted by molar-refractivity contribution is 7.92. The average molecular weight is 445 g/mol. The molecule has 0 heterocycles. The molecule has 6 nitrogen and oxygen atoms in total. The minimum absolute atomic E-state index is 0.0535. The molecular formula is C20H22F3NO5S. The van der Waals surface area contributed by atoms with Gasteiger partial charge in [0, 0.05) is 12.1 Å². The molecule has 2 aromatic rings. The van der Waals surface area contributed by atoms with Gasteiger partial charge in [0.25, 0.3) is 15.7 Å². The van der Waals surface area contributed by atoms with Crippen LogP contribution < -0.4 is 14.8 Å². The molecule has 2 aromatic carbocycles. The number of sulfone groups is 1. The van der Waals surface area contributed by atoms with Gasteiger partial charge in [0.2, 0.25) is 0 Å². The van der Waals surface area contributed by atoms with E-state index in [2.05, 4.69) is 5.32 Å². The minimum atomic E-state index is -5.44. The first-order valence-corrected chi connectivity index (χ1v) is 10.7. The van der Waals surface area contributed by atoms with Gasteiger partial charge in [-0.25, -0.2) is 8.42 Å². The summed E-state index contributed by atoms with van der Waals surface area (Å²) in [6.07, 6.45) is 0.485. The number of carbonyl (C=O) groups is 1. The molecule has 30 heavy (non-hydrogen) atoms. The predicted molar refractivity (Wildman–Crippen MR) is 105 cm³/mol. The van der Waals surface area contributed by atoms with Crippen LogP contribution in [0.5, 0.6) is 11.5 Å². The highest BCUT2D eigenvalue weighted by Crippen LogP contribution is 2.30. The van der Waals surface area contributed by atoms with Gasteiger partial charge in [0.05, 0.1) is 18.1 Å². The summed E-state index contributed by atoms with van der Waals surface area (Å²) in [6.45, 7) is 4.96. The molecule has 2 rings (SSSR count). The van der Waals surface area contributed by atoms with E-state index in [1.807, 2.05) is 26.0 Å². The van der Waals surface area contributed by atoms with Crippen LogP contribution in [0.2, 0.25) is 0 Å². The van der Waals surface area contributed by atoms with Crippen molar-refractivity contribution >= 4 is 15.7 Å². The molecule has 1 N–H and O–H groups in total. The van der Waals surface area contributed by atoms with Gasteiger partial charge < -0.3 is 14.8 Å². The quantitative estimate of drug-likeness (QED) is 0.636. The third kappa shape index (κ3) is 5.65. The van der Waals surface area contributed by atoms with Crippen LogP contribution in [0, 0.1) is 0 Å². The first-order valence-electron chi connectivity index (χ1n) is 9.18. The zero-order valence-electron chi connectivity index (χ0n) is 16.5. The smallest absolute Gasteiger partial charge is 0.490 e. The fraction of sp³-hybridized carbons (Fsp3) is 0.350. The molecule has 0 aromatic heterocycles. The highest BCUT2D eigenvalue weighted by atomic mass is 32.2. The molecule has 164 valence electrons. The van der Waals surface area contributed by atoms with Crippen LogP contribution in [0.25, 0.3) is 0 Å². The predicted octanol–water partition coefficient (Wildman–Crippen LogP) is 3.75. The Morgan fingerprint density at radius 1 is 0.967 bits per heavy atom. The Hall–Kier alpha value is -2.75. The number of carbonyl (C=O) groups excluding carboxylic acids is 1. The van der Waals surface area contributed by atoms with E-state index in [4.69, 9.17) is 9.47 Å². The van der Waals surface area contributed by atoms with E-state index in [1.165, 1.54) is 0 Å². The van der Waals surface area contributed by atoms with Crippen molar-refractivity contribution in [2.75, 3.05) is 19.8 Å². The standard InChI is InChI=1S/C20H22F3NO5S/c1-3-28-17-10-5-14(13-18(17)29-4-2)11-12-24-19(25)15-6-8-16(9-7-15)30(26,27)20(21,22)23/h5-10,13H,3-4,11-12H2,1-2H3,(H,24,25). The second-order valence-electron chi connectivity index (χ2n) is 6.13. The Bertz CT molecular complexity index is 973. The fourth-order valence-electron chi connectivity index (χ4n) is 2.59. The topological polar surface area (TPSA) is 81.7 Å². The summed E-state index contributed by atoms with van der Waals surface area (Å²) in [6, 6.07) is 9.05. The normalized spacial score (nSPS) is 11.8. The van der Waals surface area contributed by atoms with E-state index >= 15 is 0 Å². The van der Waals surface area contributed by atoms with Gasteiger partial charge in [-0.1, -0.05) is 6.07 Å². The molecule has 0 radical (unpaired) electrons. The Kier molecular flexibility index (Phi) is 7.71. The molecule has 0 aliphatic carbocycles. The van der Waals surface area contributed by atoms with Gasteiger partial charge in [-0.2, -0.15) is 13.2 Å². The number of amides is 1. The number of rotatable bonds is 9. The fourth-order valence-corrected chi connectivity index (χ4v) is 3.35. The van der Waals surface area contributed by atoms with Crippen molar-refractivity contribution in [1.29, 1.82) is 0 Å². The first-order chi connectivity index (χ1) is 14.1. The summed E-state index contributed by atoms with van der Waals surface area (Å²) in [5.74, 6) is 0.701. The van der Waals surface area contributed by atoms with Crippen molar-refractivity contribution in [2.45, 2.75) is 30.7 Å². The van der Waals surface area contributed by atoms with E-state index in [1.54, 1.807) is 6.07 Å². The Labute approximate surface area is 172 Å². The molecule has 0 atom stereocenters. The summed E-state index contributed by atoms with van der Waals surface area (Å²) >= 11 is 0. The maximum absolute atomic E-state index is 12.6. The van der Waals surface area contributed by atoms with Crippen molar-refractivity contribution in [3.05, 3.63) is 53.6 Å². The summed E-state index contributed by atoms with van der Waals surface area (Å²) in [5, 5.41) is 2.64. The van der Waals surface area contributed by atoms with Crippen molar-refractivity contribution in [2.24, 2.45) is 0 Å². The number of hydrogen-bond acceptors (Lipinski definition) is 5. The maximum atomic E-state index is 12.6. The van der Waals surface area contributed by atoms with Gasteiger partial charge in [-0.15, -0.1) is 0 Å². The molecule has 0 aliphatic heterocycles. The van der Waals surface area contributed by atoms with Crippen LogP contribution >= 0.6 is 0 Å². The van der Waals surface area contributed by atoms with Crippen molar-refractivity contribution in [3.63, 3.8) is 0 Å². The van der Waals surface area contributed by atoms with Crippen LogP contribution in [-0.2, 0) is 16.3 Å². The molecule has 0 saturated heterocycles. The SMILES string of the molecule is CCOc1ccc(CCNC(=O)c2ccc(S(=O)(=O)C(F)(F)F)cc2)cc1OCC. The molecule has 0 aliphatic rings. The van der Waals surface area contributed by atoms with E-state index in [9.17, 15) is 26.4 Å². The lowest BCUT2D eigenvalue weighted by Crippen LogP contribution is -2.26. The Morgan fingerprint density at radius 2 is 1.57 bits per heavy atom. The third-order valence-corrected chi connectivity index (χ3v) is 5.54. The van der Waals surface area contributed by atoms with Gasteiger partial charge in [0.15, 0.2) is 11.5 Å². The van der Waals surface area contributed by atoms with E-state index in [0.29, 0.717) is 31.1 Å². The number of ether oxygens (including phenoxy) is 2. The van der Waals surface area contributed by atoms with Crippen molar-refractivity contribution < 1.29 is 35.9 Å². The zero-order valence-corrected chi connectivity index (χ0v) is 17.3. The van der Waals surface area contributed by atoms with Crippen molar-refractivity contribution in [3.8, 4) is 11.5 Å². The number of alkyl halides is 3. The molecule has 0 saturated carbocycles. The third-order valence-electron chi connectivity index (χ3n) is 4.04. The molecule has 1 amide bonds. The molecule has 0 bridgehead atoms. The van der Waals surface area contributed by atoms with Crippen molar-refractivity contribution in [1.82, 2.24) is 5.32 Å². The zero-order chi connectivity index (χ0) is 22.4. The molecule has 0 fully saturated rings. The largest absolute Gasteiger partial charge is 0.501 e. The summed E-state index contributed by atoms with van der Waals surface area (Å²) in [5.41, 5.74) is -4.44. The van der Waals surface area contributed by atoms with Gasteiger partial charge >= 0.3 is 5.51 Å². The van der Waals surface area contributed by atoms with E-state index < -0.39 is 26.1 Å². The molecule has 0 spiro atoms. The number of halogens is 3. The summed E-state index contributed by atoms with van der Waals surface area (Å²) < 4.78 is 71.5. The second kappa shape index (κ2) is 9.84. The van der Waals surface area contributed by atoms with Crippen LogP contribution in [0.15, 0.2) is 47.4 Å². The highest BCUT2D eigenvalue weighted by Gasteiger charge is 2.46. The van der Waals surface area contributed by atoms with Gasteiger partial charge in [-0.05, 0) is 62.2 Å². The van der Waals surface area contributed by atoms with E-state index in [0.717, 1.165) is 29.8 Å². The lowest BCUT2D eigenvalue weighted by Gasteiger charge is -2.13. The van der Waals surface area contributed by atoms with Crippen LogP contribution in [0.3, 0.4) is 0 Å². The number of hydrogen-bond donors (Lipinski definition) is 1. The first kappa shape index (κ1) is 23.5. The maximum Gasteiger partial charge on any atom is 0.501 e. The monoisotopic (exact) mass is 445 g/mol. The van der Waals surface area contributed by atoms with E-state index in [-0.39, 0.29) is 12.1 Å². The Balaban J connectivity index is 1.99. The minimum Gasteiger partial charge on any atom is -0.490 e. The number of benzene rings is 2. The van der Waals surface area contributed by atoms with Crippen LogP contribution in [0.1, 0.15) is 29.8 Å². The molecular weight excluding hydrogens is 423 g/mol. The lowest BCUT2D eigenvalue weighted by atomic mass is 10.1. The Morgan fingerprint density at radius 3 is 2.13 bits per heavy atom. The lowest BCUT2D eigenvalue weighted by molar-refractivity contribution is -0.0436. The van der Waals surface area contributed by atoms with Crippen LogP contribution in [-0.4, -0.2) is 39.6 Å².